The third kappa shape index (κ3) is 2.46. The number of carbonyl (C=O) groups excluding carboxylic acids is 2. The molecular weight excluding hydrogens is 330 g/mol. The van der Waals surface area contributed by atoms with Gasteiger partial charge in [-0.1, -0.05) is 17.7 Å². The highest BCUT2D eigenvalue weighted by Gasteiger charge is 2.61. The molecule has 0 saturated carbocycles. The molecular formula is C17H21NO5S. The molecule has 7 heteroatoms. The number of ketones is 1. The van der Waals surface area contributed by atoms with Gasteiger partial charge in [-0.05, 0) is 38.8 Å². The summed E-state index contributed by atoms with van der Waals surface area (Å²) in [7, 11) is -2.49. The topological polar surface area (TPSA) is 80.8 Å². The van der Waals surface area contributed by atoms with Crippen LogP contribution in [-0.4, -0.2) is 43.7 Å². The zero-order valence-electron chi connectivity index (χ0n) is 13.9. The quantitative estimate of drug-likeness (QED) is 0.769. The van der Waals surface area contributed by atoms with E-state index in [1.54, 1.807) is 24.3 Å². The van der Waals surface area contributed by atoms with Gasteiger partial charge < -0.3 is 4.74 Å². The van der Waals surface area contributed by atoms with Crippen LogP contribution in [0.3, 0.4) is 0 Å². The van der Waals surface area contributed by atoms with Gasteiger partial charge in [0.25, 0.3) is 0 Å². The van der Waals surface area contributed by atoms with Gasteiger partial charge in [0.1, 0.15) is 5.78 Å². The SMILES string of the molecule is COC(=O)C1C(C(C)=O)C2CCC1N2S(=O)(=O)c1ccc(C)cc1. The van der Waals surface area contributed by atoms with E-state index in [0.29, 0.717) is 12.8 Å². The number of sulfonamides is 1. The molecule has 3 rings (SSSR count). The lowest BCUT2D eigenvalue weighted by Gasteiger charge is -2.24. The molecule has 1 aromatic carbocycles. The number of carbonyl (C=O) groups is 2. The number of fused-ring (bicyclic) bond motifs is 2. The Labute approximate surface area is 141 Å². The normalized spacial score (nSPS) is 29.6. The molecule has 2 saturated heterocycles. The number of ether oxygens (including phenoxy) is 1. The molecule has 0 N–H and O–H groups in total. The fourth-order valence-electron chi connectivity index (χ4n) is 4.15. The molecule has 24 heavy (non-hydrogen) atoms. The number of nitrogens with zero attached hydrogens (tertiary/aromatic N) is 1. The first-order valence-electron chi connectivity index (χ1n) is 7.97. The summed E-state index contributed by atoms with van der Waals surface area (Å²) in [5.74, 6) is -2.02. The minimum Gasteiger partial charge on any atom is -0.469 e. The summed E-state index contributed by atoms with van der Waals surface area (Å²) in [4.78, 5) is 24.5. The van der Waals surface area contributed by atoms with Crippen LogP contribution in [0.4, 0.5) is 0 Å². The molecule has 4 atom stereocenters. The van der Waals surface area contributed by atoms with E-state index in [4.69, 9.17) is 4.74 Å². The van der Waals surface area contributed by atoms with Gasteiger partial charge in [-0.3, -0.25) is 9.59 Å². The second-order valence-corrected chi connectivity index (χ2v) is 8.39. The lowest BCUT2D eigenvalue weighted by molar-refractivity contribution is -0.150. The van der Waals surface area contributed by atoms with Crippen molar-refractivity contribution in [2.45, 2.75) is 43.7 Å². The average molecular weight is 351 g/mol. The summed E-state index contributed by atoms with van der Waals surface area (Å²) in [5.41, 5.74) is 0.965. The fourth-order valence-corrected chi connectivity index (χ4v) is 6.06. The van der Waals surface area contributed by atoms with Gasteiger partial charge in [0.2, 0.25) is 10.0 Å². The van der Waals surface area contributed by atoms with Crippen molar-refractivity contribution in [3.63, 3.8) is 0 Å². The Kier molecular flexibility index (Phi) is 4.25. The maximum atomic E-state index is 13.1. The lowest BCUT2D eigenvalue weighted by atomic mass is 9.77. The van der Waals surface area contributed by atoms with E-state index in [1.165, 1.54) is 18.3 Å². The minimum absolute atomic E-state index is 0.165. The van der Waals surface area contributed by atoms with Crippen LogP contribution in [0.25, 0.3) is 0 Å². The fraction of sp³-hybridized carbons (Fsp3) is 0.529. The van der Waals surface area contributed by atoms with Gasteiger partial charge in [-0.25, -0.2) is 8.42 Å². The van der Waals surface area contributed by atoms with Gasteiger partial charge in [0.15, 0.2) is 0 Å². The van der Waals surface area contributed by atoms with Gasteiger partial charge in [-0.15, -0.1) is 0 Å². The van der Waals surface area contributed by atoms with Crippen molar-refractivity contribution in [1.29, 1.82) is 0 Å². The van der Waals surface area contributed by atoms with E-state index in [0.717, 1.165) is 5.56 Å². The number of benzene rings is 1. The van der Waals surface area contributed by atoms with Crippen LogP contribution in [0.1, 0.15) is 25.3 Å². The van der Waals surface area contributed by atoms with Crippen LogP contribution in [0.2, 0.25) is 0 Å². The van der Waals surface area contributed by atoms with Crippen LogP contribution >= 0.6 is 0 Å². The lowest BCUT2D eigenvalue weighted by Crippen LogP contribution is -2.38. The van der Waals surface area contributed by atoms with Gasteiger partial charge >= 0.3 is 5.97 Å². The minimum atomic E-state index is -3.76. The van der Waals surface area contributed by atoms with Crippen LogP contribution in [0.15, 0.2) is 29.2 Å². The summed E-state index contributed by atoms with van der Waals surface area (Å²) in [5, 5.41) is 0. The van der Waals surface area contributed by atoms with Crippen LogP contribution in [-0.2, 0) is 24.3 Å². The summed E-state index contributed by atoms with van der Waals surface area (Å²) in [6.45, 7) is 3.30. The first-order valence-corrected chi connectivity index (χ1v) is 9.41. The molecule has 0 aliphatic carbocycles. The molecule has 2 aliphatic heterocycles. The standard InChI is InChI=1S/C17H21NO5S/c1-10-4-6-12(7-5-10)24(21,22)18-13-8-9-14(18)16(17(20)23-3)15(13)11(2)19/h4-7,13-16H,8-9H2,1-3H3. The number of methoxy groups -OCH3 is 1. The molecule has 6 nitrogen and oxygen atoms in total. The molecule has 1 aromatic rings. The van der Waals surface area contributed by atoms with Crippen molar-refractivity contribution in [3.8, 4) is 0 Å². The third-order valence-electron chi connectivity index (χ3n) is 5.17. The zero-order valence-corrected chi connectivity index (χ0v) is 14.7. The van der Waals surface area contributed by atoms with E-state index in [-0.39, 0.29) is 10.7 Å². The van der Waals surface area contributed by atoms with Crippen molar-refractivity contribution in [3.05, 3.63) is 29.8 Å². The van der Waals surface area contributed by atoms with E-state index in [1.807, 2.05) is 6.92 Å². The molecule has 130 valence electrons. The molecule has 2 bridgehead atoms. The van der Waals surface area contributed by atoms with Crippen molar-refractivity contribution < 1.29 is 22.7 Å². The van der Waals surface area contributed by atoms with Gasteiger partial charge in [0.05, 0.1) is 17.9 Å². The molecule has 4 unspecified atom stereocenters. The largest absolute Gasteiger partial charge is 0.469 e. The van der Waals surface area contributed by atoms with Gasteiger partial charge in [-0.2, -0.15) is 4.31 Å². The maximum Gasteiger partial charge on any atom is 0.311 e. The number of rotatable bonds is 4. The predicted octanol–water partition coefficient (Wildman–Crippen LogP) is 1.52. The van der Waals surface area contributed by atoms with Crippen LogP contribution in [0, 0.1) is 18.8 Å². The van der Waals surface area contributed by atoms with Crippen LogP contribution in [0.5, 0.6) is 0 Å². The first kappa shape index (κ1) is 17.1. The number of hydrogen-bond donors (Lipinski definition) is 0. The second-order valence-electron chi connectivity index (χ2n) is 6.55. The van der Waals surface area contributed by atoms with Crippen molar-refractivity contribution in [2.75, 3.05) is 7.11 Å². The van der Waals surface area contributed by atoms with Crippen molar-refractivity contribution in [2.24, 2.45) is 11.8 Å². The summed E-state index contributed by atoms with van der Waals surface area (Å²) < 4.78 is 32.4. The second kappa shape index (κ2) is 5.97. The number of esters is 1. The molecule has 2 fully saturated rings. The highest BCUT2D eigenvalue weighted by atomic mass is 32.2. The van der Waals surface area contributed by atoms with Crippen molar-refractivity contribution in [1.82, 2.24) is 4.31 Å². The van der Waals surface area contributed by atoms with Gasteiger partial charge in [0, 0.05) is 18.0 Å². The first-order chi connectivity index (χ1) is 11.3. The Balaban J connectivity index is 2.04. The summed E-state index contributed by atoms with van der Waals surface area (Å²) in [6.07, 6.45) is 1.16. The summed E-state index contributed by atoms with van der Waals surface area (Å²) >= 11 is 0. The van der Waals surface area contributed by atoms with E-state index in [2.05, 4.69) is 0 Å². The molecule has 2 heterocycles. The Morgan fingerprint density at radius 1 is 1.08 bits per heavy atom. The average Bonchev–Trinajstić information content (AvgIpc) is 3.11. The highest BCUT2D eigenvalue weighted by Crippen LogP contribution is 2.49. The third-order valence-corrected chi connectivity index (χ3v) is 7.13. The van der Waals surface area contributed by atoms with E-state index < -0.39 is 39.9 Å². The van der Waals surface area contributed by atoms with Crippen molar-refractivity contribution >= 4 is 21.8 Å². The highest BCUT2D eigenvalue weighted by molar-refractivity contribution is 7.89. The zero-order chi connectivity index (χ0) is 17.6. The Bertz CT molecular complexity index is 771. The molecule has 0 radical (unpaired) electrons. The Hall–Kier alpha value is -1.73. The number of hydrogen-bond acceptors (Lipinski definition) is 5. The monoisotopic (exact) mass is 351 g/mol. The molecule has 2 aliphatic rings. The maximum absolute atomic E-state index is 13.1. The molecule has 0 amide bonds. The van der Waals surface area contributed by atoms with E-state index >= 15 is 0 Å². The number of Topliss-reactive ketones (excluding diaryl/α,β-unsaturated/α-hetero) is 1. The smallest absolute Gasteiger partial charge is 0.311 e. The Morgan fingerprint density at radius 3 is 2.12 bits per heavy atom. The van der Waals surface area contributed by atoms with Crippen LogP contribution < -0.4 is 0 Å². The number of aryl methyl sites for hydroxylation is 1. The summed E-state index contributed by atoms with van der Waals surface area (Å²) in [6, 6.07) is 5.64. The Morgan fingerprint density at radius 2 is 1.62 bits per heavy atom. The molecule has 0 spiro atoms. The predicted molar refractivity (Wildman–Crippen MR) is 86.7 cm³/mol. The van der Waals surface area contributed by atoms with E-state index in [9.17, 15) is 18.0 Å². The molecule has 0 aromatic heterocycles.